The van der Waals surface area contributed by atoms with Crippen LogP contribution in [-0.2, 0) is 10.3 Å². The normalized spacial score (nSPS) is 20.5. The average molecular weight is 417 g/mol. The zero-order valence-corrected chi connectivity index (χ0v) is 16.7. The van der Waals surface area contributed by atoms with E-state index in [1.807, 2.05) is 16.9 Å². The van der Waals surface area contributed by atoms with Crippen molar-refractivity contribution in [2.45, 2.75) is 30.9 Å². The third-order valence-electron chi connectivity index (χ3n) is 5.79. The molecule has 156 valence electrons. The molecular formula is C20H19N9O2. The number of ether oxygens (including phenoxy) is 1. The summed E-state index contributed by atoms with van der Waals surface area (Å²) in [4.78, 5) is 16.2. The first-order valence-electron chi connectivity index (χ1n) is 9.68. The van der Waals surface area contributed by atoms with E-state index in [2.05, 4.69) is 26.5 Å². The molecule has 3 N–H and O–H groups in total. The SMILES string of the molecule is CO[C@H]1C[C@@](CC#N)(n2cc(-c3nc(-c4cc(C(N)=O)n[nH]4)cn4nccc34)cn2)C1. The molecular weight excluding hydrogens is 398 g/mol. The lowest BCUT2D eigenvalue weighted by atomic mass is 9.72. The molecule has 4 aromatic heterocycles. The number of amides is 1. The molecule has 4 aromatic rings. The van der Waals surface area contributed by atoms with Gasteiger partial charge in [0.15, 0.2) is 0 Å². The zero-order chi connectivity index (χ0) is 21.6. The molecule has 1 aliphatic carbocycles. The maximum atomic E-state index is 11.4. The lowest BCUT2D eigenvalue weighted by Crippen LogP contribution is -2.50. The summed E-state index contributed by atoms with van der Waals surface area (Å²) >= 11 is 0. The van der Waals surface area contributed by atoms with Crippen molar-refractivity contribution in [1.29, 1.82) is 5.26 Å². The molecule has 1 saturated carbocycles. The van der Waals surface area contributed by atoms with Gasteiger partial charge in [-0.2, -0.15) is 20.6 Å². The van der Waals surface area contributed by atoms with Gasteiger partial charge in [0.05, 0.1) is 59.6 Å². The quantitative estimate of drug-likeness (QED) is 0.482. The van der Waals surface area contributed by atoms with Gasteiger partial charge in [-0.1, -0.05) is 0 Å². The molecule has 0 radical (unpaired) electrons. The highest BCUT2D eigenvalue weighted by atomic mass is 16.5. The number of rotatable bonds is 6. The summed E-state index contributed by atoms with van der Waals surface area (Å²) < 4.78 is 8.97. The fraction of sp³-hybridized carbons (Fsp3) is 0.300. The second-order valence-corrected chi connectivity index (χ2v) is 7.67. The lowest BCUT2D eigenvalue weighted by Gasteiger charge is -2.45. The van der Waals surface area contributed by atoms with Gasteiger partial charge in [0.1, 0.15) is 11.4 Å². The molecule has 1 aliphatic rings. The zero-order valence-electron chi connectivity index (χ0n) is 16.7. The summed E-state index contributed by atoms with van der Waals surface area (Å²) in [5.74, 6) is -0.623. The summed E-state index contributed by atoms with van der Waals surface area (Å²) in [7, 11) is 1.68. The number of primary amides is 1. The van der Waals surface area contributed by atoms with Crippen LogP contribution in [0, 0.1) is 11.3 Å². The van der Waals surface area contributed by atoms with Gasteiger partial charge in [-0.25, -0.2) is 9.50 Å². The number of nitrogens with two attached hydrogens (primary N) is 1. The van der Waals surface area contributed by atoms with Crippen molar-refractivity contribution in [1.82, 2.24) is 34.6 Å². The van der Waals surface area contributed by atoms with Crippen LogP contribution in [0.4, 0.5) is 0 Å². The van der Waals surface area contributed by atoms with Gasteiger partial charge in [0.25, 0.3) is 5.91 Å². The predicted molar refractivity (Wildman–Crippen MR) is 109 cm³/mol. The van der Waals surface area contributed by atoms with E-state index in [1.54, 1.807) is 36.3 Å². The van der Waals surface area contributed by atoms with Crippen molar-refractivity contribution < 1.29 is 9.53 Å². The van der Waals surface area contributed by atoms with Crippen molar-refractivity contribution >= 4 is 11.4 Å². The lowest BCUT2D eigenvalue weighted by molar-refractivity contribution is -0.0542. The van der Waals surface area contributed by atoms with E-state index >= 15 is 0 Å². The molecule has 0 aliphatic heterocycles. The second kappa shape index (κ2) is 7.03. The Hall–Kier alpha value is -4.04. The fourth-order valence-corrected chi connectivity index (χ4v) is 4.07. The van der Waals surface area contributed by atoms with E-state index in [0.29, 0.717) is 23.5 Å². The third-order valence-corrected chi connectivity index (χ3v) is 5.79. The molecule has 0 atom stereocenters. The molecule has 0 unspecified atom stereocenters. The summed E-state index contributed by atoms with van der Waals surface area (Å²) in [6.45, 7) is 0. The number of nitrogens with zero attached hydrogens (tertiary/aromatic N) is 7. The maximum absolute atomic E-state index is 11.4. The first kappa shape index (κ1) is 19.0. The van der Waals surface area contributed by atoms with E-state index in [-0.39, 0.29) is 17.3 Å². The summed E-state index contributed by atoms with van der Waals surface area (Å²) in [5.41, 5.74) is 8.42. The van der Waals surface area contributed by atoms with E-state index < -0.39 is 5.91 Å². The van der Waals surface area contributed by atoms with Crippen molar-refractivity contribution in [2.75, 3.05) is 7.11 Å². The molecule has 11 nitrogen and oxygen atoms in total. The molecule has 31 heavy (non-hydrogen) atoms. The summed E-state index contributed by atoms with van der Waals surface area (Å²) in [6.07, 6.45) is 9.02. The van der Waals surface area contributed by atoms with Crippen LogP contribution >= 0.6 is 0 Å². The number of fused-ring (bicyclic) bond motifs is 1. The van der Waals surface area contributed by atoms with Crippen molar-refractivity contribution in [3.8, 4) is 28.7 Å². The van der Waals surface area contributed by atoms with Crippen LogP contribution in [0.5, 0.6) is 0 Å². The number of nitrogens with one attached hydrogen (secondary N) is 1. The number of H-pyrrole nitrogens is 1. The first-order chi connectivity index (χ1) is 15.0. The summed E-state index contributed by atoms with van der Waals surface area (Å²) in [5, 5.41) is 24.9. The highest BCUT2D eigenvalue weighted by Gasteiger charge is 2.47. The van der Waals surface area contributed by atoms with E-state index in [9.17, 15) is 10.1 Å². The molecule has 5 rings (SSSR count). The highest BCUT2D eigenvalue weighted by Crippen LogP contribution is 2.43. The molecule has 11 heteroatoms. The van der Waals surface area contributed by atoms with Crippen LogP contribution in [0.1, 0.15) is 29.8 Å². The number of methoxy groups -OCH3 is 1. The maximum Gasteiger partial charge on any atom is 0.269 e. The topological polar surface area (TPSA) is 153 Å². The minimum Gasteiger partial charge on any atom is -0.381 e. The van der Waals surface area contributed by atoms with Crippen LogP contribution in [-0.4, -0.2) is 53.7 Å². The van der Waals surface area contributed by atoms with Crippen molar-refractivity contribution in [3.05, 3.63) is 42.6 Å². The van der Waals surface area contributed by atoms with E-state index in [0.717, 1.165) is 23.9 Å². The van der Waals surface area contributed by atoms with Gasteiger partial charge in [-0.3, -0.25) is 14.6 Å². The van der Waals surface area contributed by atoms with Crippen LogP contribution in [0.15, 0.2) is 36.9 Å². The third kappa shape index (κ3) is 3.04. The Morgan fingerprint density at radius 1 is 1.42 bits per heavy atom. The minimum atomic E-state index is -0.623. The number of aromatic amines is 1. The number of aromatic nitrogens is 7. The van der Waals surface area contributed by atoms with Gasteiger partial charge in [0.2, 0.25) is 0 Å². The Kier molecular flexibility index (Phi) is 4.30. The van der Waals surface area contributed by atoms with E-state index in [1.165, 1.54) is 0 Å². The van der Waals surface area contributed by atoms with Gasteiger partial charge in [-0.15, -0.1) is 0 Å². The standard InChI is InChI=1S/C20H19N9O2/c1-31-13-7-20(8-13,3-4-21)29-10-12(9-24-29)18-17-2-5-23-28(17)11-16(25-18)14-6-15(19(22)30)27-26-14/h2,5-6,9-11,13H,3,7-8H2,1H3,(H2,22,30)(H,26,27)/t13-,20+. The highest BCUT2D eigenvalue weighted by molar-refractivity contribution is 5.91. The molecule has 0 aromatic carbocycles. The second-order valence-electron chi connectivity index (χ2n) is 7.67. The Morgan fingerprint density at radius 2 is 2.26 bits per heavy atom. The fourth-order valence-electron chi connectivity index (χ4n) is 4.07. The Morgan fingerprint density at radius 3 is 2.97 bits per heavy atom. The van der Waals surface area contributed by atoms with Crippen LogP contribution in [0.25, 0.3) is 28.2 Å². The largest absolute Gasteiger partial charge is 0.381 e. The van der Waals surface area contributed by atoms with Gasteiger partial charge < -0.3 is 10.5 Å². The monoisotopic (exact) mass is 417 g/mol. The van der Waals surface area contributed by atoms with Gasteiger partial charge in [0, 0.05) is 18.9 Å². The number of carbonyl (C=O) groups excluding carboxylic acids is 1. The average Bonchev–Trinajstić information content (AvgIpc) is 3.49. The number of hydrogen-bond donors (Lipinski definition) is 2. The van der Waals surface area contributed by atoms with E-state index in [4.69, 9.17) is 15.5 Å². The van der Waals surface area contributed by atoms with Gasteiger partial charge in [-0.05, 0) is 25.0 Å². The molecule has 1 amide bonds. The van der Waals surface area contributed by atoms with Crippen molar-refractivity contribution in [3.63, 3.8) is 0 Å². The molecule has 4 heterocycles. The molecule has 1 fully saturated rings. The first-order valence-corrected chi connectivity index (χ1v) is 9.68. The number of hydrogen-bond acceptors (Lipinski definition) is 7. The molecule has 0 saturated heterocycles. The molecule has 0 spiro atoms. The Balaban J connectivity index is 1.57. The summed E-state index contributed by atoms with van der Waals surface area (Å²) in [6, 6.07) is 5.69. The predicted octanol–water partition coefficient (Wildman–Crippen LogP) is 1.50. The van der Waals surface area contributed by atoms with Gasteiger partial charge >= 0.3 is 0 Å². The Labute approximate surface area is 176 Å². The number of carbonyl (C=O) groups is 1. The van der Waals surface area contributed by atoms with Crippen molar-refractivity contribution in [2.24, 2.45) is 5.73 Å². The molecule has 0 bridgehead atoms. The number of nitriles is 1. The minimum absolute atomic E-state index is 0.128. The smallest absolute Gasteiger partial charge is 0.269 e. The van der Waals surface area contributed by atoms with Crippen LogP contribution < -0.4 is 5.73 Å². The van der Waals surface area contributed by atoms with Crippen LogP contribution in [0.2, 0.25) is 0 Å². The Bertz CT molecular complexity index is 1320. The van der Waals surface area contributed by atoms with Crippen LogP contribution in [0.3, 0.4) is 0 Å².